The van der Waals surface area contributed by atoms with Gasteiger partial charge in [-0.1, -0.05) is 66.7 Å². The quantitative estimate of drug-likeness (QED) is 0.0975. The van der Waals surface area contributed by atoms with Gasteiger partial charge in [0.15, 0.2) is 0 Å². The fraction of sp³-hybridized carbons (Fsp3) is 0.0732. The van der Waals surface area contributed by atoms with Gasteiger partial charge < -0.3 is 30.0 Å². The number of aromatic nitrogens is 5. The Hall–Kier alpha value is -6.74. The lowest BCUT2D eigenvalue weighted by molar-refractivity contribution is -0.124. The number of fused-ring (bicyclic) bond motifs is 8. The summed E-state index contributed by atoms with van der Waals surface area (Å²) in [6.45, 7) is 0. The van der Waals surface area contributed by atoms with E-state index >= 15 is 0 Å². The van der Waals surface area contributed by atoms with Crippen molar-refractivity contribution in [3.63, 3.8) is 0 Å². The number of aromatic amines is 4. The number of nitrogens with zero attached hydrogens (tertiary/aromatic N) is 1. The van der Waals surface area contributed by atoms with E-state index in [-0.39, 0.29) is 11.7 Å². The minimum atomic E-state index is -0.636. The van der Waals surface area contributed by atoms with E-state index in [1.54, 1.807) is 12.4 Å². The smallest absolute Gasteiger partial charge is 0.234 e. The Kier molecular flexibility index (Phi) is 6.02. The molecule has 0 saturated carbocycles. The average Bonchev–Trinajstić information content (AvgIpc) is 3.93. The second-order valence-corrected chi connectivity index (χ2v) is 13.0. The molecule has 2 atom stereocenters. The van der Waals surface area contributed by atoms with Crippen LogP contribution in [0.5, 0.6) is 0 Å². The molecule has 0 radical (unpaired) electrons. The SMILES string of the molecule is O=C[C@@H]1Cc2c([nH]c3cc(-c4cccc5c(C(=O)c6nccc7c6[nH]c6ccccc67)c[nH]c45)ccc23)[C@@H](c2c[nH]c3ccccc23)C(=O)N1. The number of aldehydes is 1. The third-order valence-electron chi connectivity index (χ3n) is 10.3. The number of amides is 1. The Bertz CT molecular complexity index is 2870. The summed E-state index contributed by atoms with van der Waals surface area (Å²) >= 11 is 0. The Morgan fingerprint density at radius 2 is 1.56 bits per heavy atom. The molecule has 1 aliphatic heterocycles. The van der Waals surface area contributed by atoms with E-state index in [1.165, 1.54) is 0 Å². The second-order valence-electron chi connectivity index (χ2n) is 13.0. The van der Waals surface area contributed by atoms with Crippen LogP contribution in [0.1, 0.15) is 38.8 Å². The monoisotopic (exact) mass is 652 g/mol. The van der Waals surface area contributed by atoms with Gasteiger partial charge in [0.2, 0.25) is 11.7 Å². The molecule has 5 aromatic heterocycles. The van der Waals surface area contributed by atoms with Crippen molar-refractivity contribution in [2.75, 3.05) is 0 Å². The van der Waals surface area contributed by atoms with Gasteiger partial charge in [-0.05, 0) is 41.0 Å². The summed E-state index contributed by atoms with van der Waals surface area (Å²) in [6, 6.07) is 29.3. The van der Waals surface area contributed by atoms with Crippen LogP contribution in [0.15, 0.2) is 110 Å². The average molecular weight is 653 g/mol. The molecule has 10 rings (SSSR count). The summed E-state index contributed by atoms with van der Waals surface area (Å²) in [5.41, 5.74) is 9.70. The molecule has 4 aromatic carbocycles. The summed E-state index contributed by atoms with van der Waals surface area (Å²) in [7, 11) is 0. The van der Waals surface area contributed by atoms with Crippen molar-refractivity contribution in [3.05, 3.63) is 138 Å². The highest BCUT2D eigenvalue weighted by atomic mass is 16.2. The summed E-state index contributed by atoms with van der Waals surface area (Å²) in [6.07, 6.45) is 6.53. The van der Waals surface area contributed by atoms with Gasteiger partial charge in [-0.2, -0.15) is 0 Å². The predicted octanol–water partition coefficient (Wildman–Crippen LogP) is 7.43. The molecule has 9 aromatic rings. The van der Waals surface area contributed by atoms with E-state index in [0.717, 1.165) is 88.7 Å². The van der Waals surface area contributed by atoms with Crippen LogP contribution in [0.25, 0.3) is 65.6 Å². The number of hydrogen-bond donors (Lipinski definition) is 5. The predicted molar refractivity (Wildman–Crippen MR) is 194 cm³/mol. The van der Waals surface area contributed by atoms with Crippen molar-refractivity contribution in [3.8, 4) is 11.1 Å². The van der Waals surface area contributed by atoms with Crippen LogP contribution in [0.4, 0.5) is 0 Å². The summed E-state index contributed by atoms with van der Waals surface area (Å²) < 4.78 is 0. The minimum absolute atomic E-state index is 0.166. The molecule has 0 saturated heterocycles. The molecular formula is C41H28N6O3. The fourth-order valence-electron chi connectivity index (χ4n) is 7.95. The molecular weight excluding hydrogens is 624 g/mol. The van der Waals surface area contributed by atoms with Crippen LogP contribution in [-0.4, -0.2) is 48.9 Å². The van der Waals surface area contributed by atoms with Crippen molar-refractivity contribution < 1.29 is 14.4 Å². The highest BCUT2D eigenvalue weighted by Gasteiger charge is 2.35. The summed E-state index contributed by atoms with van der Waals surface area (Å²) in [4.78, 5) is 58.1. The molecule has 1 amide bonds. The summed E-state index contributed by atoms with van der Waals surface area (Å²) in [5.74, 6) is -1.01. The molecule has 240 valence electrons. The first-order chi connectivity index (χ1) is 24.6. The van der Waals surface area contributed by atoms with Crippen LogP contribution in [0, 0.1) is 0 Å². The van der Waals surface area contributed by atoms with Gasteiger partial charge in [-0.25, -0.2) is 0 Å². The minimum Gasteiger partial charge on any atom is -0.361 e. The number of H-pyrrole nitrogens is 4. The van der Waals surface area contributed by atoms with Gasteiger partial charge in [0.05, 0.1) is 17.1 Å². The molecule has 0 unspecified atom stereocenters. The standard InChI is InChI=1S/C41H28N6O3/c48-20-22-17-29-26-13-12-21(16-34(26)47-37(29)35(41(50)45-22)30-18-43-32-10-3-1-7-25(30)32)23-8-5-9-27-31(19-44-36(23)27)40(49)39-38-28(14-15-42-39)24-6-2-4-11-33(24)46-38/h1-16,18-20,22,35,43-44,46-47H,17H2,(H,45,50)/t22-,35+/m0/s1. The Labute approximate surface area is 283 Å². The van der Waals surface area contributed by atoms with E-state index < -0.39 is 12.0 Å². The Morgan fingerprint density at radius 1 is 0.740 bits per heavy atom. The van der Waals surface area contributed by atoms with Crippen LogP contribution in [0.3, 0.4) is 0 Å². The first-order valence-electron chi connectivity index (χ1n) is 16.5. The zero-order valence-corrected chi connectivity index (χ0v) is 26.5. The molecule has 0 fully saturated rings. The Balaban J connectivity index is 1.08. The molecule has 5 N–H and O–H groups in total. The zero-order chi connectivity index (χ0) is 33.5. The molecule has 9 nitrogen and oxygen atoms in total. The number of benzene rings is 4. The van der Waals surface area contributed by atoms with Crippen molar-refractivity contribution in [1.82, 2.24) is 30.2 Å². The first kappa shape index (κ1) is 28.3. The lowest BCUT2D eigenvalue weighted by Gasteiger charge is -2.14. The number of para-hydroxylation sites is 3. The fourth-order valence-corrected chi connectivity index (χ4v) is 7.95. The number of pyridine rings is 1. The van der Waals surface area contributed by atoms with E-state index in [9.17, 15) is 14.4 Å². The van der Waals surface area contributed by atoms with E-state index in [1.807, 2.05) is 79.0 Å². The van der Waals surface area contributed by atoms with E-state index in [4.69, 9.17) is 0 Å². The van der Waals surface area contributed by atoms with Gasteiger partial charge in [0, 0.05) is 85.3 Å². The summed E-state index contributed by atoms with van der Waals surface area (Å²) in [5, 5.41) is 7.68. The van der Waals surface area contributed by atoms with Crippen molar-refractivity contribution in [2.45, 2.75) is 18.4 Å². The van der Waals surface area contributed by atoms with Crippen LogP contribution >= 0.6 is 0 Å². The highest BCUT2D eigenvalue weighted by Crippen LogP contribution is 2.40. The van der Waals surface area contributed by atoms with E-state index in [0.29, 0.717) is 17.7 Å². The topological polar surface area (TPSA) is 139 Å². The highest BCUT2D eigenvalue weighted by molar-refractivity contribution is 6.23. The maximum atomic E-state index is 14.1. The molecule has 1 aliphatic rings. The zero-order valence-electron chi connectivity index (χ0n) is 26.5. The Morgan fingerprint density at radius 3 is 2.44 bits per heavy atom. The third-order valence-corrected chi connectivity index (χ3v) is 10.3. The third kappa shape index (κ3) is 4.07. The molecule has 50 heavy (non-hydrogen) atoms. The van der Waals surface area contributed by atoms with Gasteiger partial charge in [-0.3, -0.25) is 14.6 Å². The maximum Gasteiger partial charge on any atom is 0.234 e. The lowest BCUT2D eigenvalue weighted by Crippen LogP contribution is -2.38. The number of hydrogen-bond acceptors (Lipinski definition) is 4. The first-order valence-corrected chi connectivity index (χ1v) is 16.5. The maximum absolute atomic E-state index is 14.1. The number of carbonyl (C=O) groups excluding carboxylic acids is 3. The molecule has 6 heterocycles. The molecule has 9 heteroatoms. The van der Waals surface area contributed by atoms with Crippen molar-refractivity contribution >= 4 is 72.5 Å². The molecule has 0 spiro atoms. The van der Waals surface area contributed by atoms with Gasteiger partial charge >= 0.3 is 0 Å². The second kappa shape index (κ2) is 10.6. The normalized spacial score (nSPS) is 16.3. The largest absolute Gasteiger partial charge is 0.361 e. The van der Waals surface area contributed by atoms with Gasteiger partial charge in [0.1, 0.15) is 17.9 Å². The number of nitrogens with one attached hydrogen (secondary N) is 5. The number of rotatable bonds is 5. The number of carbonyl (C=O) groups is 3. The van der Waals surface area contributed by atoms with Crippen LogP contribution in [0.2, 0.25) is 0 Å². The number of ketones is 1. The van der Waals surface area contributed by atoms with Gasteiger partial charge in [0.25, 0.3) is 0 Å². The van der Waals surface area contributed by atoms with E-state index in [2.05, 4.69) is 48.4 Å². The molecule has 0 bridgehead atoms. The van der Waals surface area contributed by atoms with Crippen LogP contribution in [-0.2, 0) is 16.0 Å². The van der Waals surface area contributed by atoms with Crippen LogP contribution < -0.4 is 5.32 Å². The van der Waals surface area contributed by atoms with Crippen molar-refractivity contribution in [1.29, 1.82) is 0 Å². The lowest BCUT2D eigenvalue weighted by atomic mass is 9.91. The van der Waals surface area contributed by atoms with Gasteiger partial charge in [-0.15, -0.1) is 0 Å². The van der Waals surface area contributed by atoms with Crippen molar-refractivity contribution in [2.24, 2.45) is 0 Å². The molecule has 0 aliphatic carbocycles.